The van der Waals surface area contributed by atoms with Gasteiger partial charge in [0.05, 0.1) is 23.5 Å². The third-order valence-electron chi connectivity index (χ3n) is 4.04. The molecule has 3 rings (SSSR count). The first-order valence-electron chi connectivity index (χ1n) is 7.95. The lowest BCUT2D eigenvalue weighted by Crippen LogP contribution is -2.24. The molecule has 0 aliphatic carbocycles. The van der Waals surface area contributed by atoms with E-state index >= 15 is 0 Å². The Morgan fingerprint density at radius 3 is 2.82 bits per heavy atom. The van der Waals surface area contributed by atoms with Gasteiger partial charge >= 0.3 is 0 Å². The molecule has 2 aromatic rings. The Morgan fingerprint density at radius 2 is 2.18 bits per heavy atom. The Bertz CT molecular complexity index is 626. The normalized spacial score (nSPS) is 19.9. The van der Waals surface area contributed by atoms with Crippen molar-refractivity contribution >= 4 is 0 Å². The fourth-order valence-corrected chi connectivity index (χ4v) is 2.76. The lowest BCUT2D eigenvalue weighted by atomic mass is 10.1. The number of hydrogen-bond donors (Lipinski definition) is 0. The first kappa shape index (κ1) is 15.1. The molecule has 7 heteroatoms. The molecule has 1 unspecified atom stereocenters. The standard InChI is InChI=1S/C15H24N6O/c1-5-13-16-14(18-22-13)12-7-6-8-20(12)9-11-10-21(19-17-11)15(2,3)4/h10,12H,5-9H2,1-4H3. The number of aromatic nitrogens is 5. The van der Waals surface area contributed by atoms with Crippen LogP contribution in [0.1, 0.15) is 64.0 Å². The molecule has 22 heavy (non-hydrogen) atoms. The van der Waals surface area contributed by atoms with Crippen LogP contribution < -0.4 is 0 Å². The van der Waals surface area contributed by atoms with Gasteiger partial charge in [-0.05, 0) is 40.2 Å². The van der Waals surface area contributed by atoms with E-state index in [2.05, 4.69) is 46.1 Å². The summed E-state index contributed by atoms with van der Waals surface area (Å²) in [6.07, 6.45) is 5.02. The fourth-order valence-electron chi connectivity index (χ4n) is 2.76. The van der Waals surface area contributed by atoms with E-state index < -0.39 is 0 Å². The lowest BCUT2D eigenvalue weighted by Gasteiger charge is -2.20. The first-order valence-corrected chi connectivity index (χ1v) is 7.95. The number of likely N-dealkylation sites (tertiary alicyclic amines) is 1. The molecular weight excluding hydrogens is 280 g/mol. The van der Waals surface area contributed by atoms with Crippen LogP contribution >= 0.6 is 0 Å². The quantitative estimate of drug-likeness (QED) is 0.863. The van der Waals surface area contributed by atoms with E-state index in [1.54, 1.807) is 0 Å². The summed E-state index contributed by atoms with van der Waals surface area (Å²) in [6.45, 7) is 10.2. The van der Waals surface area contributed by atoms with Crippen molar-refractivity contribution in [2.24, 2.45) is 0 Å². The highest BCUT2D eigenvalue weighted by atomic mass is 16.5. The van der Waals surface area contributed by atoms with Crippen LogP contribution in [0.25, 0.3) is 0 Å². The Morgan fingerprint density at radius 1 is 1.36 bits per heavy atom. The molecule has 7 nitrogen and oxygen atoms in total. The molecule has 1 fully saturated rings. The van der Waals surface area contributed by atoms with Crippen LogP contribution in [0.3, 0.4) is 0 Å². The predicted octanol–water partition coefficient (Wildman–Crippen LogP) is 2.32. The zero-order valence-corrected chi connectivity index (χ0v) is 13.8. The molecule has 1 aliphatic heterocycles. The monoisotopic (exact) mass is 304 g/mol. The molecule has 1 atom stereocenters. The summed E-state index contributed by atoms with van der Waals surface area (Å²) in [6, 6.07) is 0.226. The summed E-state index contributed by atoms with van der Waals surface area (Å²) in [7, 11) is 0. The van der Waals surface area contributed by atoms with E-state index in [0.717, 1.165) is 43.9 Å². The summed E-state index contributed by atoms with van der Waals surface area (Å²) >= 11 is 0. The second-order valence-corrected chi connectivity index (χ2v) is 6.85. The number of rotatable bonds is 4. The summed E-state index contributed by atoms with van der Waals surface area (Å²) in [5.74, 6) is 1.51. The fraction of sp³-hybridized carbons (Fsp3) is 0.733. The molecule has 0 saturated carbocycles. The van der Waals surface area contributed by atoms with Crippen molar-refractivity contribution in [1.29, 1.82) is 0 Å². The molecule has 1 aliphatic rings. The van der Waals surface area contributed by atoms with Crippen molar-refractivity contribution in [3.63, 3.8) is 0 Å². The highest BCUT2D eigenvalue weighted by molar-refractivity contribution is 5.02. The zero-order valence-electron chi connectivity index (χ0n) is 13.8. The van der Waals surface area contributed by atoms with Crippen molar-refractivity contribution in [3.8, 4) is 0 Å². The molecule has 0 amide bonds. The number of aryl methyl sites for hydroxylation is 1. The molecule has 0 bridgehead atoms. The summed E-state index contributed by atoms with van der Waals surface area (Å²) in [5, 5.41) is 12.7. The van der Waals surface area contributed by atoms with Crippen molar-refractivity contribution in [2.45, 2.75) is 65.1 Å². The Kier molecular flexibility index (Phi) is 3.99. The van der Waals surface area contributed by atoms with Crippen LogP contribution in [0.15, 0.2) is 10.7 Å². The first-order chi connectivity index (χ1) is 10.5. The number of nitrogens with zero attached hydrogens (tertiary/aromatic N) is 6. The molecule has 2 aromatic heterocycles. The van der Waals surface area contributed by atoms with Crippen molar-refractivity contribution in [2.75, 3.05) is 6.54 Å². The molecule has 1 saturated heterocycles. The second-order valence-electron chi connectivity index (χ2n) is 6.85. The predicted molar refractivity (Wildman–Crippen MR) is 81.1 cm³/mol. The van der Waals surface area contributed by atoms with Crippen LogP contribution in [0, 0.1) is 0 Å². The lowest BCUT2D eigenvalue weighted by molar-refractivity contribution is 0.231. The van der Waals surface area contributed by atoms with E-state index in [0.29, 0.717) is 5.89 Å². The minimum absolute atomic E-state index is 0.0423. The van der Waals surface area contributed by atoms with Gasteiger partial charge in [-0.15, -0.1) is 5.10 Å². The van der Waals surface area contributed by atoms with Crippen LogP contribution in [-0.2, 0) is 18.5 Å². The van der Waals surface area contributed by atoms with Crippen LogP contribution in [-0.4, -0.2) is 36.6 Å². The topological polar surface area (TPSA) is 72.9 Å². The third kappa shape index (κ3) is 3.04. The average molecular weight is 304 g/mol. The van der Waals surface area contributed by atoms with E-state index in [-0.39, 0.29) is 11.6 Å². The van der Waals surface area contributed by atoms with Crippen molar-refractivity contribution in [1.82, 2.24) is 30.0 Å². The van der Waals surface area contributed by atoms with Crippen LogP contribution in [0.4, 0.5) is 0 Å². The van der Waals surface area contributed by atoms with Crippen LogP contribution in [0.5, 0.6) is 0 Å². The Balaban J connectivity index is 1.72. The average Bonchev–Trinajstić information content (AvgIpc) is 3.17. The number of hydrogen-bond acceptors (Lipinski definition) is 6. The van der Waals surface area contributed by atoms with E-state index in [1.165, 1.54) is 0 Å². The van der Waals surface area contributed by atoms with Gasteiger partial charge in [0.25, 0.3) is 0 Å². The van der Waals surface area contributed by atoms with Crippen molar-refractivity contribution in [3.05, 3.63) is 23.6 Å². The molecule has 0 spiro atoms. The third-order valence-corrected chi connectivity index (χ3v) is 4.04. The highest BCUT2D eigenvalue weighted by Crippen LogP contribution is 2.31. The minimum Gasteiger partial charge on any atom is -0.339 e. The maximum atomic E-state index is 5.25. The summed E-state index contributed by atoms with van der Waals surface area (Å²) in [4.78, 5) is 6.85. The van der Waals surface area contributed by atoms with Gasteiger partial charge in [-0.3, -0.25) is 4.90 Å². The zero-order chi connectivity index (χ0) is 15.7. The molecule has 0 aromatic carbocycles. The van der Waals surface area contributed by atoms with Gasteiger partial charge in [0.1, 0.15) is 0 Å². The largest absolute Gasteiger partial charge is 0.339 e. The van der Waals surface area contributed by atoms with Gasteiger partial charge in [0, 0.05) is 13.0 Å². The van der Waals surface area contributed by atoms with Crippen LogP contribution in [0.2, 0.25) is 0 Å². The van der Waals surface area contributed by atoms with Gasteiger partial charge in [0.2, 0.25) is 5.89 Å². The minimum atomic E-state index is -0.0423. The Labute approximate surface area is 130 Å². The summed E-state index contributed by atoms with van der Waals surface area (Å²) in [5.41, 5.74) is 0.945. The van der Waals surface area contributed by atoms with Gasteiger partial charge in [-0.25, -0.2) is 4.68 Å². The van der Waals surface area contributed by atoms with Crippen molar-refractivity contribution < 1.29 is 4.52 Å². The van der Waals surface area contributed by atoms with Gasteiger partial charge < -0.3 is 4.52 Å². The molecule has 120 valence electrons. The molecule has 3 heterocycles. The smallest absolute Gasteiger partial charge is 0.226 e. The molecule has 0 N–H and O–H groups in total. The van der Waals surface area contributed by atoms with E-state index in [1.807, 2.05) is 17.8 Å². The maximum Gasteiger partial charge on any atom is 0.226 e. The summed E-state index contributed by atoms with van der Waals surface area (Å²) < 4.78 is 7.17. The highest BCUT2D eigenvalue weighted by Gasteiger charge is 2.30. The van der Waals surface area contributed by atoms with E-state index in [4.69, 9.17) is 4.52 Å². The van der Waals surface area contributed by atoms with Gasteiger partial charge in [0.15, 0.2) is 5.82 Å². The molecule has 0 radical (unpaired) electrons. The van der Waals surface area contributed by atoms with Gasteiger partial charge in [-0.1, -0.05) is 17.3 Å². The van der Waals surface area contributed by atoms with E-state index in [9.17, 15) is 0 Å². The second kappa shape index (κ2) is 5.79. The molecular formula is C15H24N6O. The Hall–Kier alpha value is -1.76. The van der Waals surface area contributed by atoms with Gasteiger partial charge in [-0.2, -0.15) is 4.98 Å². The maximum absolute atomic E-state index is 5.25. The SMILES string of the molecule is CCc1nc(C2CCCN2Cc2cn(C(C)(C)C)nn2)no1.